The second kappa shape index (κ2) is 6.80. The largest absolute Gasteiger partial charge is 0.330 e. The Balaban J connectivity index is 1.94. The minimum Gasteiger partial charge on any atom is -0.330 e. The summed E-state index contributed by atoms with van der Waals surface area (Å²) in [4.78, 5) is 0. The van der Waals surface area contributed by atoms with Crippen molar-refractivity contribution in [3.8, 4) is 0 Å². The Labute approximate surface area is 105 Å². The van der Waals surface area contributed by atoms with Crippen LogP contribution in [0.15, 0.2) is 30.3 Å². The van der Waals surface area contributed by atoms with Crippen LogP contribution in [0.1, 0.15) is 56.4 Å². The lowest BCUT2D eigenvalue weighted by Gasteiger charge is -2.21. The zero-order valence-corrected chi connectivity index (χ0v) is 10.8. The van der Waals surface area contributed by atoms with Crippen LogP contribution in [0.25, 0.3) is 0 Å². The van der Waals surface area contributed by atoms with Crippen LogP contribution in [0.3, 0.4) is 0 Å². The van der Waals surface area contributed by atoms with Gasteiger partial charge in [-0.1, -0.05) is 68.9 Å². The average molecular weight is 231 g/mol. The van der Waals surface area contributed by atoms with Crippen molar-refractivity contribution in [1.82, 2.24) is 0 Å². The highest BCUT2D eigenvalue weighted by Crippen LogP contribution is 2.31. The fourth-order valence-corrected chi connectivity index (χ4v) is 3.10. The number of nitrogens with two attached hydrogens (primary N) is 1. The fraction of sp³-hybridized carbons (Fsp3) is 0.625. The molecule has 0 aliphatic heterocycles. The van der Waals surface area contributed by atoms with E-state index in [2.05, 4.69) is 30.3 Å². The number of benzene rings is 1. The molecule has 94 valence electrons. The molecule has 0 heterocycles. The quantitative estimate of drug-likeness (QED) is 0.776. The summed E-state index contributed by atoms with van der Waals surface area (Å²) >= 11 is 0. The van der Waals surface area contributed by atoms with Gasteiger partial charge < -0.3 is 5.73 Å². The van der Waals surface area contributed by atoms with E-state index in [1.165, 1.54) is 50.5 Å². The molecule has 1 unspecified atom stereocenters. The minimum atomic E-state index is 0.569. The lowest BCUT2D eigenvalue weighted by Crippen LogP contribution is -2.16. The maximum Gasteiger partial charge on any atom is -0.000813 e. The van der Waals surface area contributed by atoms with E-state index in [9.17, 15) is 0 Å². The van der Waals surface area contributed by atoms with Crippen LogP contribution in [-0.2, 0) is 0 Å². The molecule has 1 atom stereocenters. The molecule has 1 aromatic carbocycles. The first kappa shape index (κ1) is 12.6. The van der Waals surface area contributed by atoms with Crippen molar-refractivity contribution in [3.63, 3.8) is 0 Å². The lowest BCUT2D eigenvalue weighted by molar-refractivity contribution is 0.391. The van der Waals surface area contributed by atoms with Crippen LogP contribution in [0.2, 0.25) is 0 Å². The third kappa shape index (κ3) is 3.85. The van der Waals surface area contributed by atoms with E-state index < -0.39 is 0 Å². The first-order valence-electron chi connectivity index (χ1n) is 7.15. The molecule has 17 heavy (non-hydrogen) atoms. The maximum atomic E-state index is 5.96. The van der Waals surface area contributed by atoms with Gasteiger partial charge in [-0.25, -0.2) is 0 Å². The van der Waals surface area contributed by atoms with Crippen LogP contribution in [0, 0.1) is 5.92 Å². The predicted octanol–water partition coefficient (Wildman–Crippen LogP) is 4.09. The van der Waals surface area contributed by atoms with Gasteiger partial charge in [0.05, 0.1) is 0 Å². The fourth-order valence-electron chi connectivity index (χ4n) is 3.10. The molecule has 1 fully saturated rings. The van der Waals surface area contributed by atoms with Gasteiger partial charge in [0.2, 0.25) is 0 Å². The third-order valence-corrected chi connectivity index (χ3v) is 4.15. The van der Waals surface area contributed by atoms with Gasteiger partial charge in [0.15, 0.2) is 0 Å². The summed E-state index contributed by atoms with van der Waals surface area (Å²) in [5.74, 6) is 1.48. The monoisotopic (exact) mass is 231 g/mol. The van der Waals surface area contributed by atoms with Crippen LogP contribution in [0.5, 0.6) is 0 Å². The molecule has 1 aliphatic rings. The minimum absolute atomic E-state index is 0.569. The van der Waals surface area contributed by atoms with Gasteiger partial charge in [-0.05, 0) is 30.4 Å². The molecule has 1 saturated carbocycles. The highest BCUT2D eigenvalue weighted by atomic mass is 14.5. The first-order valence-corrected chi connectivity index (χ1v) is 7.15. The molecule has 0 spiro atoms. The molecule has 2 N–H and O–H groups in total. The number of rotatable bonds is 4. The molecule has 2 rings (SSSR count). The molecular formula is C16H25N. The van der Waals surface area contributed by atoms with Crippen LogP contribution < -0.4 is 5.73 Å². The Kier molecular flexibility index (Phi) is 5.06. The van der Waals surface area contributed by atoms with Crippen molar-refractivity contribution in [1.29, 1.82) is 0 Å². The highest BCUT2D eigenvalue weighted by molar-refractivity contribution is 5.19. The van der Waals surface area contributed by atoms with E-state index in [0.29, 0.717) is 5.92 Å². The van der Waals surface area contributed by atoms with Gasteiger partial charge in [0.1, 0.15) is 0 Å². The third-order valence-electron chi connectivity index (χ3n) is 4.15. The Bertz CT molecular complexity index is 299. The van der Waals surface area contributed by atoms with E-state index in [4.69, 9.17) is 5.73 Å². The highest BCUT2D eigenvalue weighted by Gasteiger charge is 2.18. The summed E-state index contributed by atoms with van der Waals surface area (Å²) in [7, 11) is 0. The van der Waals surface area contributed by atoms with Gasteiger partial charge in [-0.2, -0.15) is 0 Å². The van der Waals surface area contributed by atoms with E-state index in [-0.39, 0.29) is 0 Å². The van der Waals surface area contributed by atoms with E-state index in [1.807, 2.05) is 0 Å². The molecule has 0 amide bonds. The Morgan fingerprint density at radius 1 is 1.00 bits per heavy atom. The summed E-state index contributed by atoms with van der Waals surface area (Å²) in [6.45, 7) is 0.792. The zero-order valence-electron chi connectivity index (χ0n) is 10.8. The van der Waals surface area contributed by atoms with Gasteiger partial charge in [0.25, 0.3) is 0 Å². The maximum absolute atomic E-state index is 5.96. The molecule has 1 nitrogen and oxygen atoms in total. The van der Waals surface area contributed by atoms with Crippen molar-refractivity contribution >= 4 is 0 Å². The summed E-state index contributed by atoms with van der Waals surface area (Å²) in [5.41, 5.74) is 7.39. The Hall–Kier alpha value is -0.820. The summed E-state index contributed by atoms with van der Waals surface area (Å²) in [5, 5.41) is 0. The molecule has 1 heteroatoms. The van der Waals surface area contributed by atoms with E-state index in [0.717, 1.165) is 12.5 Å². The normalized spacial score (nSPS) is 19.8. The molecule has 0 radical (unpaired) electrons. The van der Waals surface area contributed by atoms with Crippen molar-refractivity contribution in [3.05, 3.63) is 35.9 Å². The molecule has 0 saturated heterocycles. The van der Waals surface area contributed by atoms with E-state index in [1.54, 1.807) is 0 Å². The van der Waals surface area contributed by atoms with Gasteiger partial charge in [-0.3, -0.25) is 0 Å². The molecule has 0 bridgehead atoms. The molecule has 1 aliphatic carbocycles. The zero-order chi connectivity index (χ0) is 11.9. The second-order valence-corrected chi connectivity index (χ2v) is 5.44. The van der Waals surface area contributed by atoms with Gasteiger partial charge >= 0.3 is 0 Å². The standard InChI is InChI=1S/C16H25N/c17-13-16(15-10-6-3-7-11-15)12-14-8-4-1-2-5-9-14/h3,6-7,10-11,14,16H,1-2,4-5,8-9,12-13,17H2. The molecule has 0 aromatic heterocycles. The summed E-state index contributed by atoms with van der Waals surface area (Å²) in [6, 6.07) is 10.8. The van der Waals surface area contributed by atoms with Crippen LogP contribution >= 0.6 is 0 Å². The SMILES string of the molecule is NCC(CC1CCCCCC1)c1ccccc1. The van der Waals surface area contributed by atoms with Gasteiger partial charge in [0, 0.05) is 0 Å². The second-order valence-electron chi connectivity index (χ2n) is 5.44. The Morgan fingerprint density at radius 2 is 1.65 bits per heavy atom. The lowest BCUT2D eigenvalue weighted by atomic mass is 9.85. The van der Waals surface area contributed by atoms with Crippen LogP contribution in [-0.4, -0.2) is 6.54 Å². The van der Waals surface area contributed by atoms with Crippen molar-refractivity contribution < 1.29 is 0 Å². The molecule has 1 aromatic rings. The molecular weight excluding hydrogens is 206 g/mol. The van der Waals surface area contributed by atoms with Gasteiger partial charge in [-0.15, -0.1) is 0 Å². The van der Waals surface area contributed by atoms with E-state index >= 15 is 0 Å². The number of hydrogen-bond acceptors (Lipinski definition) is 1. The van der Waals surface area contributed by atoms with Crippen molar-refractivity contribution in [2.45, 2.75) is 50.9 Å². The Morgan fingerprint density at radius 3 is 2.24 bits per heavy atom. The summed E-state index contributed by atoms with van der Waals surface area (Å²) < 4.78 is 0. The van der Waals surface area contributed by atoms with Crippen molar-refractivity contribution in [2.24, 2.45) is 11.7 Å². The topological polar surface area (TPSA) is 26.0 Å². The van der Waals surface area contributed by atoms with Crippen LogP contribution in [0.4, 0.5) is 0 Å². The average Bonchev–Trinajstić information content (AvgIpc) is 2.65. The summed E-state index contributed by atoms with van der Waals surface area (Å²) in [6.07, 6.45) is 9.87. The first-order chi connectivity index (χ1) is 8.40. The van der Waals surface area contributed by atoms with Crippen molar-refractivity contribution in [2.75, 3.05) is 6.54 Å². The predicted molar refractivity (Wildman–Crippen MR) is 74.0 cm³/mol. The smallest absolute Gasteiger partial charge is 0.000813 e. The number of hydrogen-bond donors (Lipinski definition) is 1.